The van der Waals surface area contributed by atoms with Crippen LogP contribution in [0.5, 0.6) is 0 Å². The molecule has 0 unspecified atom stereocenters. The van der Waals surface area contributed by atoms with Crippen molar-refractivity contribution in [3.8, 4) is 0 Å². The van der Waals surface area contributed by atoms with Crippen LogP contribution in [0.15, 0.2) is 15.6 Å². The lowest BCUT2D eigenvalue weighted by Crippen LogP contribution is -2.17. The van der Waals surface area contributed by atoms with Crippen LogP contribution in [-0.4, -0.2) is 11.6 Å². The summed E-state index contributed by atoms with van der Waals surface area (Å²) >= 11 is 0. The summed E-state index contributed by atoms with van der Waals surface area (Å²) in [6.45, 7) is 7.39. The number of hydrogen-bond acceptors (Lipinski definition) is 3. The van der Waals surface area contributed by atoms with E-state index in [1.54, 1.807) is 6.92 Å². The third-order valence-electron chi connectivity index (χ3n) is 2.10. The van der Waals surface area contributed by atoms with Gasteiger partial charge in [0.2, 0.25) is 5.91 Å². The van der Waals surface area contributed by atoms with Gasteiger partial charge < -0.3 is 4.42 Å². The lowest BCUT2D eigenvalue weighted by atomic mass is 10.2. The number of hydrazone groups is 1. The van der Waals surface area contributed by atoms with Gasteiger partial charge in [-0.15, -0.1) is 0 Å². The molecule has 0 aliphatic heterocycles. The van der Waals surface area contributed by atoms with E-state index in [4.69, 9.17) is 4.42 Å². The number of nitrogens with one attached hydrogen (secondary N) is 1. The molecule has 0 radical (unpaired) electrons. The van der Waals surface area contributed by atoms with Gasteiger partial charge in [0, 0.05) is 12.0 Å². The molecule has 1 heterocycles. The van der Waals surface area contributed by atoms with Gasteiger partial charge in [-0.2, -0.15) is 5.10 Å². The first-order valence-corrected chi connectivity index (χ1v) is 4.95. The summed E-state index contributed by atoms with van der Waals surface area (Å²) < 4.78 is 5.38. The van der Waals surface area contributed by atoms with Crippen LogP contribution >= 0.6 is 0 Å². The number of rotatable bonds is 3. The molecule has 0 fully saturated rings. The average molecular weight is 208 g/mol. The van der Waals surface area contributed by atoms with E-state index in [2.05, 4.69) is 10.5 Å². The average Bonchev–Trinajstić information content (AvgIpc) is 2.53. The van der Waals surface area contributed by atoms with Gasteiger partial charge in [0.1, 0.15) is 11.5 Å². The minimum Gasteiger partial charge on any atom is -0.466 e. The summed E-state index contributed by atoms with van der Waals surface area (Å²) in [5.74, 6) is 1.57. The lowest BCUT2D eigenvalue weighted by Gasteiger charge is -1.99. The highest BCUT2D eigenvalue weighted by atomic mass is 16.3. The van der Waals surface area contributed by atoms with E-state index in [1.165, 1.54) is 0 Å². The Labute approximate surface area is 89.4 Å². The molecule has 0 atom stereocenters. The number of hydrogen-bond donors (Lipinski definition) is 1. The molecule has 0 aromatic carbocycles. The highest BCUT2D eigenvalue weighted by molar-refractivity contribution is 6.00. The van der Waals surface area contributed by atoms with Gasteiger partial charge >= 0.3 is 0 Å². The summed E-state index contributed by atoms with van der Waals surface area (Å²) in [5, 5.41) is 4.00. The fourth-order valence-electron chi connectivity index (χ4n) is 1.28. The molecule has 0 saturated heterocycles. The van der Waals surface area contributed by atoms with Crippen LogP contribution in [0.3, 0.4) is 0 Å². The van der Waals surface area contributed by atoms with Gasteiger partial charge in [-0.05, 0) is 26.8 Å². The van der Waals surface area contributed by atoms with E-state index in [9.17, 15) is 4.79 Å². The zero-order valence-electron chi connectivity index (χ0n) is 9.55. The minimum absolute atomic E-state index is 0.0905. The summed E-state index contributed by atoms with van der Waals surface area (Å²) in [6.07, 6.45) is 0.431. The van der Waals surface area contributed by atoms with E-state index in [-0.39, 0.29) is 5.91 Å². The predicted molar refractivity (Wildman–Crippen MR) is 58.8 cm³/mol. The van der Waals surface area contributed by atoms with Gasteiger partial charge in [0.15, 0.2) is 0 Å². The third kappa shape index (κ3) is 2.94. The topological polar surface area (TPSA) is 54.6 Å². The quantitative estimate of drug-likeness (QED) is 0.611. The first-order valence-electron chi connectivity index (χ1n) is 4.95. The maximum atomic E-state index is 11.0. The first-order chi connectivity index (χ1) is 7.04. The summed E-state index contributed by atoms with van der Waals surface area (Å²) in [5.41, 5.74) is 4.16. The molecule has 1 rings (SSSR count). The smallest absolute Gasteiger partial charge is 0.239 e. The van der Waals surface area contributed by atoms with Gasteiger partial charge in [0.05, 0.1) is 5.71 Å². The normalized spacial score (nSPS) is 11.6. The van der Waals surface area contributed by atoms with Crippen molar-refractivity contribution in [1.82, 2.24) is 5.43 Å². The Kier molecular flexibility index (Phi) is 3.66. The molecule has 1 aromatic heterocycles. The van der Waals surface area contributed by atoms with E-state index in [0.717, 1.165) is 22.8 Å². The fraction of sp³-hybridized carbons (Fsp3) is 0.455. The summed E-state index contributed by atoms with van der Waals surface area (Å²) in [6, 6.07) is 1.91. The maximum absolute atomic E-state index is 11.0. The van der Waals surface area contributed by atoms with Gasteiger partial charge in [-0.3, -0.25) is 4.79 Å². The van der Waals surface area contributed by atoms with Crippen LogP contribution < -0.4 is 5.43 Å². The molecular weight excluding hydrogens is 192 g/mol. The zero-order valence-corrected chi connectivity index (χ0v) is 9.55. The largest absolute Gasteiger partial charge is 0.466 e. The second kappa shape index (κ2) is 4.77. The number of furan rings is 1. The van der Waals surface area contributed by atoms with Gasteiger partial charge in [-0.25, -0.2) is 5.43 Å². The zero-order chi connectivity index (χ0) is 11.4. The molecule has 82 valence electrons. The van der Waals surface area contributed by atoms with Crippen LogP contribution in [-0.2, 0) is 4.79 Å². The molecule has 1 amide bonds. The molecule has 0 bridgehead atoms. The minimum atomic E-state index is -0.0905. The molecule has 15 heavy (non-hydrogen) atoms. The molecule has 1 aromatic rings. The molecule has 0 aliphatic rings. The number of aryl methyl sites for hydroxylation is 2. The molecule has 4 nitrogen and oxygen atoms in total. The predicted octanol–water partition coefficient (Wildman–Crippen LogP) is 2.15. The number of nitrogens with zero attached hydrogens (tertiary/aromatic N) is 1. The molecule has 1 N–H and O–H groups in total. The highest BCUT2D eigenvalue weighted by Crippen LogP contribution is 2.14. The summed E-state index contributed by atoms with van der Waals surface area (Å²) in [7, 11) is 0. The summed E-state index contributed by atoms with van der Waals surface area (Å²) in [4.78, 5) is 11.0. The van der Waals surface area contributed by atoms with Crippen LogP contribution in [0.4, 0.5) is 0 Å². The third-order valence-corrected chi connectivity index (χ3v) is 2.10. The van der Waals surface area contributed by atoms with Crippen LogP contribution in [0, 0.1) is 13.8 Å². The van der Waals surface area contributed by atoms with E-state index in [1.807, 2.05) is 26.8 Å². The van der Waals surface area contributed by atoms with Crippen molar-refractivity contribution in [3.63, 3.8) is 0 Å². The van der Waals surface area contributed by atoms with Crippen molar-refractivity contribution in [2.75, 3.05) is 0 Å². The Bertz CT molecular complexity index is 391. The highest BCUT2D eigenvalue weighted by Gasteiger charge is 2.07. The number of amides is 1. The molecule has 0 spiro atoms. The Morgan fingerprint density at radius 2 is 2.20 bits per heavy atom. The van der Waals surface area contributed by atoms with Crippen molar-refractivity contribution in [2.24, 2.45) is 5.10 Å². The Balaban J connectivity index is 2.80. The second-order valence-corrected chi connectivity index (χ2v) is 3.41. The SMILES string of the molecule is CCC(=O)NN=C(C)c1cc(C)oc1C. The second-order valence-electron chi connectivity index (χ2n) is 3.41. The molecule has 0 saturated carbocycles. The monoisotopic (exact) mass is 208 g/mol. The molecule has 0 aliphatic carbocycles. The van der Waals surface area contributed by atoms with Gasteiger partial charge in [0.25, 0.3) is 0 Å². The van der Waals surface area contributed by atoms with E-state index in [0.29, 0.717) is 6.42 Å². The number of carbonyl (C=O) groups is 1. The van der Waals surface area contributed by atoms with Crippen molar-refractivity contribution < 1.29 is 9.21 Å². The van der Waals surface area contributed by atoms with E-state index < -0.39 is 0 Å². The van der Waals surface area contributed by atoms with Gasteiger partial charge in [-0.1, -0.05) is 6.92 Å². The van der Waals surface area contributed by atoms with Crippen molar-refractivity contribution >= 4 is 11.6 Å². The molecular formula is C11H16N2O2. The van der Waals surface area contributed by atoms with Crippen LogP contribution in [0.1, 0.15) is 37.4 Å². The lowest BCUT2D eigenvalue weighted by molar-refractivity contribution is -0.120. The van der Waals surface area contributed by atoms with Crippen LogP contribution in [0.2, 0.25) is 0 Å². The van der Waals surface area contributed by atoms with Crippen molar-refractivity contribution in [3.05, 3.63) is 23.2 Å². The van der Waals surface area contributed by atoms with Crippen LogP contribution in [0.25, 0.3) is 0 Å². The maximum Gasteiger partial charge on any atom is 0.239 e. The molecule has 4 heteroatoms. The number of carbonyl (C=O) groups excluding carboxylic acids is 1. The van der Waals surface area contributed by atoms with Crippen molar-refractivity contribution in [2.45, 2.75) is 34.1 Å². The Morgan fingerprint density at radius 1 is 1.53 bits per heavy atom. The standard InChI is InChI=1S/C11H16N2O2/c1-5-11(14)13-12-8(3)10-6-7(2)15-9(10)4/h6H,5H2,1-4H3,(H,13,14). The Hall–Kier alpha value is -1.58. The fourth-order valence-corrected chi connectivity index (χ4v) is 1.28. The Morgan fingerprint density at radius 3 is 2.67 bits per heavy atom. The first kappa shape index (κ1) is 11.5. The van der Waals surface area contributed by atoms with Crippen molar-refractivity contribution in [1.29, 1.82) is 0 Å². The van der Waals surface area contributed by atoms with E-state index >= 15 is 0 Å².